The van der Waals surface area contributed by atoms with Crippen LogP contribution in [0.15, 0.2) is 47.1 Å². The maximum absolute atomic E-state index is 9.79. The zero-order chi connectivity index (χ0) is 14.9. The molecular formula is C16H21NO4. The van der Waals surface area contributed by atoms with Crippen LogP contribution >= 0.6 is 0 Å². The summed E-state index contributed by atoms with van der Waals surface area (Å²) in [7, 11) is 0. The Hall–Kier alpha value is -1.66. The first-order chi connectivity index (χ1) is 10.3. The van der Waals surface area contributed by atoms with Crippen molar-refractivity contribution < 1.29 is 19.4 Å². The minimum absolute atomic E-state index is 0.0550. The smallest absolute Gasteiger partial charge is 0.129 e. The van der Waals surface area contributed by atoms with Crippen LogP contribution in [0.3, 0.4) is 0 Å². The molecule has 1 aromatic heterocycles. The average Bonchev–Trinajstić information content (AvgIpc) is 3.01. The summed E-state index contributed by atoms with van der Waals surface area (Å²) < 4.78 is 10.5. The maximum Gasteiger partial charge on any atom is 0.129 e. The molecule has 1 atom stereocenters. The molecule has 1 aromatic carbocycles. The highest BCUT2D eigenvalue weighted by Gasteiger charge is 2.05. The van der Waals surface area contributed by atoms with Gasteiger partial charge < -0.3 is 24.7 Å². The van der Waals surface area contributed by atoms with Crippen LogP contribution in [0.5, 0.6) is 0 Å². The van der Waals surface area contributed by atoms with Gasteiger partial charge in [-0.2, -0.15) is 0 Å². The third-order valence-corrected chi connectivity index (χ3v) is 3.05. The van der Waals surface area contributed by atoms with Gasteiger partial charge in [-0.1, -0.05) is 24.3 Å². The van der Waals surface area contributed by atoms with Gasteiger partial charge in [0.15, 0.2) is 0 Å². The van der Waals surface area contributed by atoms with E-state index in [1.807, 2.05) is 30.3 Å². The van der Waals surface area contributed by atoms with Gasteiger partial charge in [0.25, 0.3) is 0 Å². The number of aliphatic hydroxyl groups is 2. The van der Waals surface area contributed by atoms with Crippen LogP contribution in [0.25, 0.3) is 0 Å². The van der Waals surface area contributed by atoms with E-state index in [2.05, 4.69) is 5.32 Å². The molecule has 21 heavy (non-hydrogen) atoms. The molecule has 3 N–H and O–H groups in total. The fraction of sp³-hybridized carbons (Fsp3) is 0.375. The lowest BCUT2D eigenvalue weighted by Gasteiger charge is -2.12. The minimum atomic E-state index is -0.559. The van der Waals surface area contributed by atoms with Crippen molar-refractivity contribution in [1.29, 1.82) is 0 Å². The van der Waals surface area contributed by atoms with Crippen molar-refractivity contribution in [1.82, 2.24) is 5.32 Å². The Kier molecular flexibility index (Phi) is 6.43. The van der Waals surface area contributed by atoms with Crippen LogP contribution in [0, 0.1) is 0 Å². The van der Waals surface area contributed by atoms with E-state index < -0.39 is 6.10 Å². The van der Waals surface area contributed by atoms with E-state index >= 15 is 0 Å². The Morgan fingerprint density at radius 1 is 1.14 bits per heavy atom. The molecule has 5 heteroatoms. The quantitative estimate of drug-likeness (QED) is 0.652. The molecule has 1 unspecified atom stereocenters. The second kappa shape index (κ2) is 8.59. The third-order valence-electron chi connectivity index (χ3n) is 3.05. The minimum Gasteiger partial charge on any atom is -0.467 e. The molecule has 0 bridgehead atoms. The van der Waals surface area contributed by atoms with Crippen molar-refractivity contribution in [2.45, 2.75) is 25.9 Å². The first kappa shape index (κ1) is 15.7. The zero-order valence-electron chi connectivity index (χ0n) is 11.9. The number of ether oxygens (including phenoxy) is 1. The highest BCUT2D eigenvalue weighted by Crippen LogP contribution is 2.04. The predicted octanol–water partition coefficient (Wildman–Crippen LogP) is 1.44. The van der Waals surface area contributed by atoms with Crippen LogP contribution < -0.4 is 5.32 Å². The van der Waals surface area contributed by atoms with E-state index in [-0.39, 0.29) is 13.2 Å². The summed E-state index contributed by atoms with van der Waals surface area (Å²) in [5.41, 5.74) is 2.00. The largest absolute Gasteiger partial charge is 0.467 e. The number of furan rings is 1. The maximum atomic E-state index is 9.79. The van der Waals surface area contributed by atoms with Gasteiger partial charge in [0.1, 0.15) is 12.4 Å². The van der Waals surface area contributed by atoms with Gasteiger partial charge in [0.05, 0.1) is 25.6 Å². The molecule has 0 saturated heterocycles. The molecule has 0 aliphatic rings. The first-order valence-corrected chi connectivity index (χ1v) is 6.95. The van der Waals surface area contributed by atoms with E-state index in [9.17, 15) is 5.11 Å². The van der Waals surface area contributed by atoms with Gasteiger partial charge in [-0.3, -0.25) is 0 Å². The Morgan fingerprint density at radius 3 is 2.57 bits per heavy atom. The number of rotatable bonds is 9. The molecule has 0 radical (unpaired) electrons. The number of aliphatic hydroxyl groups excluding tert-OH is 2. The van der Waals surface area contributed by atoms with Gasteiger partial charge in [0, 0.05) is 13.1 Å². The van der Waals surface area contributed by atoms with E-state index in [0.29, 0.717) is 19.7 Å². The molecule has 1 heterocycles. The van der Waals surface area contributed by atoms with E-state index in [4.69, 9.17) is 14.3 Å². The van der Waals surface area contributed by atoms with E-state index in [1.54, 1.807) is 12.3 Å². The van der Waals surface area contributed by atoms with Crippen molar-refractivity contribution >= 4 is 0 Å². The molecular weight excluding hydrogens is 270 g/mol. The molecule has 0 saturated carbocycles. The zero-order valence-corrected chi connectivity index (χ0v) is 11.9. The molecule has 114 valence electrons. The van der Waals surface area contributed by atoms with Crippen LogP contribution in [0.1, 0.15) is 16.9 Å². The van der Waals surface area contributed by atoms with Crippen molar-refractivity contribution in [2.75, 3.05) is 13.2 Å². The molecule has 5 nitrogen and oxygen atoms in total. The van der Waals surface area contributed by atoms with Crippen LogP contribution in [0.2, 0.25) is 0 Å². The third kappa shape index (κ3) is 5.69. The summed E-state index contributed by atoms with van der Waals surface area (Å²) in [6, 6.07) is 11.3. The summed E-state index contributed by atoms with van der Waals surface area (Å²) >= 11 is 0. The highest BCUT2D eigenvalue weighted by molar-refractivity contribution is 5.21. The Bertz CT molecular complexity index is 496. The normalized spacial score (nSPS) is 12.5. The fourth-order valence-electron chi connectivity index (χ4n) is 1.89. The topological polar surface area (TPSA) is 74.9 Å². The van der Waals surface area contributed by atoms with Gasteiger partial charge in [-0.15, -0.1) is 0 Å². The van der Waals surface area contributed by atoms with Gasteiger partial charge in [-0.05, 0) is 23.3 Å². The lowest BCUT2D eigenvalue weighted by molar-refractivity contribution is 0.0226. The average molecular weight is 291 g/mol. The summed E-state index contributed by atoms with van der Waals surface area (Å²) in [6.45, 7) is 1.81. The molecule has 0 amide bonds. The summed E-state index contributed by atoms with van der Waals surface area (Å²) in [4.78, 5) is 0. The van der Waals surface area contributed by atoms with Crippen LogP contribution in [-0.4, -0.2) is 29.5 Å². The Balaban J connectivity index is 1.58. The van der Waals surface area contributed by atoms with Gasteiger partial charge >= 0.3 is 0 Å². The number of nitrogens with one attached hydrogen (secondary N) is 1. The van der Waals surface area contributed by atoms with Crippen molar-refractivity contribution in [3.05, 3.63) is 59.5 Å². The molecule has 0 spiro atoms. The summed E-state index contributed by atoms with van der Waals surface area (Å²) in [6.07, 6.45) is 1.04. The lowest BCUT2D eigenvalue weighted by Crippen LogP contribution is -2.30. The monoisotopic (exact) mass is 291 g/mol. The fourth-order valence-corrected chi connectivity index (χ4v) is 1.89. The molecule has 0 aliphatic carbocycles. The number of hydrogen-bond donors (Lipinski definition) is 3. The van der Waals surface area contributed by atoms with Crippen LogP contribution in [0.4, 0.5) is 0 Å². The highest BCUT2D eigenvalue weighted by atomic mass is 16.5. The number of benzene rings is 1. The SMILES string of the molecule is OCc1ccc(CNCC(O)COCc2ccco2)cc1. The molecule has 2 aromatic rings. The summed E-state index contributed by atoms with van der Waals surface area (Å²) in [5, 5.41) is 21.9. The Morgan fingerprint density at radius 2 is 1.90 bits per heavy atom. The predicted molar refractivity (Wildman–Crippen MR) is 78.4 cm³/mol. The Labute approximate surface area is 124 Å². The summed E-state index contributed by atoms with van der Waals surface area (Å²) in [5.74, 6) is 0.749. The lowest BCUT2D eigenvalue weighted by atomic mass is 10.1. The van der Waals surface area contributed by atoms with E-state index in [0.717, 1.165) is 16.9 Å². The van der Waals surface area contributed by atoms with Crippen LogP contribution in [-0.2, 0) is 24.5 Å². The molecule has 0 fully saturated rings. The van der Waals surface area contributed by atoms with Crippen molar-refractivity contribution in [3.63, 3.8) is 0 Å². The second-order valence-corrected chi connectivity index (χ2v) is 4.85. The second-order valence-electron chi connectivity index (χ2n) is 4.85. The van der Waals surface area contributed by atoms with Gasteiger partial charge in [0.2, 0.25) is 0 Å². The number of hydrogen-bond acceptors (Lipinski definition) is 5. The molecule has 2 rings (SSSR count). The van der Waals surface area contributed by atoms with Gasteiger partial charge in [-0.25, -0.2) is 0 Å². The standard InChI is InChI=1S/C16H21NO4/c18-10-14-5-3-13(4-6-14)8-17-9-15(19)11-20-12-16-2-1-7-21-16/h1-7,15,17-19H,8-12H2. The molecule has 0 aliphatic heterocycles. The first-order valence-electron chi connectivity index (χ1n) is 6.95. The van der Waals surface area contributed by atoms with E-state index in [1.165, 1.54) is 0 Å². The van der Waals surface area contributed by atoms with Crippen molar-refractivity contribution in [2.24, 2.45) is 0 Å². The van der Waals surface area contributed by atoms with Crippen molar-refractivity contribution in [3.8, 4) is 0 Å².